The molecule has 96 valence electrons. The highest BCUT2D eigenvalue weighted by Gasteiger charge is 2.33. The molecule has 0 amide bonds. The van der Waals surface area contributed by atoms with Crippen LogP contribution in [0.5, 0.6) is 0 Å². The maximum absolute atomic E-state index is 9.52. The van der Waals surface area contributed by atoms with Gasteiger partial charge in [0.15, 0.2) is 11.5 Å². The second-order valence-electron chi connectivity index (χ2n) is 4.63. The molecule has 3 heterocycles. The molecule has 1 aliphatic heterocycles. The molecule has 7 heteroatoms. The van der Waals surface area contributed by atoms with E-state index in [1.807, 2.05) is 0 Å². The summed E-state index contributed by atoms with van der Waals surface area (Å²) in [5.41, 5.74) is 1.33. The van der Waals surface area contributed by atoms with Crippen LogP contribution >= 0.6 is 11.6 Å². The van der Waals surface area contributed by atoms with Crippen molar-refractivity contribution in [3.63, 3.8) is 0 Å². The van der Waals surface area contributed by atoms with E-state index in [2.05, 4.69) is 31.8 Å². The lowest BCUT2D eigenvalue weighted by molar-refractivity contribution is 0.244. The third-order valence-corrected chi connectivity index (χ3v) is 3.75. The van der Waals surface area contributed by atoms with Gasteiger partial charge in [-0.25, -0.2) is 4.98 Å². The van der Waals surface area contributed by atoms with E-state index in [1.54, 1.807) is 6.33 Å². The third-order valence-electron chi connectivity index (χ3n) is 3.58. The van der Waals surface area contributed by atoms with Gasteiger partial charge in [-0.2, -0.15) is 9.97 Å². The van der Waals surface area contributed by atoms with Crippen molar-refractivity contribution in [3.05, 3.63) is 11.6 Å². The number of nitrogens with one attached hydrogen (secondary N) is 1. The molecule has 1 saturated heterocycles. The molecule has 6 nitrogen and oxygen atoms in total. The van der Waals surface area contributed by atoms with Crippen LogP contribution < -0.4 is 4.90 Å². The maximum atomic E-state index is 9.52. The number of anilines is 1. The van der Waals surface area contributed by atoms with E-state index in [0.29, 0.717) is 11.6 Å². The number of nitrogens with zero attached hydrogens (tertiary/aromatic N) is 4. The average molecular weight is 268 g/mol. The number of aromatic nitrogens is 4. The Morgan fingerprint density at radius 3 is 3.17 bits per heavy atom. The first-order valence-corrected chi connectivity index (χ1v) is 6.32. The van der Waals surface area contributed by atoms with Crippen LogP contribution in [0.2, 0.25) is 5.28 Å². The number of aliphatic hydroxyl groups excluding tert-OH is 1. The van der Waals surface area contributed by atoms with Crippen molar-refractivity contribution < 1.29 is 5.11 Å². The largest absolute Gasteiger partial charge is 0.394 e. The fraction of sp³-hybridized carbons (Fsp3) is 0.545. The van der Waals surface area contributed by atoms with Crippen LogP contribution in [0.3, 0.4) is 0 Å². The average Bonchev–Trinajstić information content (AvgIpc) is 2.93. The van der Waals surface area contributed by atoms with Crippen LogP contribution in [-0.2, 0) is 0 Å². The molecule has 18 heavy (non-hydrogen) atoms. The fourth-order valence-corrected chi connectivity index (χ4v) is 2.71. The van der Waals surface area contributed by atoms with Gasteiger partial charge in [-0.15, -0.1) is 0 Å². The maximum Gasteiger partial charge on any atom is 0.226 e. The number of H-pyrrole nitrogens is 1. The van der Waals surface area contributed by atoms with Gasteiger partial charge in [0.25, 0.3) is 0 Å². The Morgan fingerprint density at radius 1 is 1.56 bits per heavy atom. The van der Waals surface area contributed by atoms with E-state index in [1.165, 1.54) is 0 Å². The molecule has 1 fully saturated rings. The Labute approximate surface area is 109 Å². The van der Waals surface area contributed by atoms with Crippen molar-refractivity contribution in [2.75, 3.05) is 18.1 Å². The highest BCUT2D eigenvalue weighted by Crippen LogP contribution is 2.32. The lowest BCUT2D eigenvalue weighted by Gasteiger charge is -2.26. The molecule has 3 rings (SSSR count). The molecule has 2 N–H and O–H groups in total. The van der Waals surface area contributed by atoms with E-state index >= 15 is 0 Å². The second kappa shape index (κ2) is 4.37. The monoisotopic (exact) mass is 267 g/mol. The van der Waals surface area contributed by atoms with Crippen molar-refractivity contribution in [2.45, 2.75) is 19.4 Å². The van der Waals surface area contributed by atoms with Crippen LogP contribution in [-0.4, -0.2) is 44.2 Å². The van der Waals surface area contributed by atoms with Gasteiger partial charge in [0.05, 0.1) is 19.0 Å². The number of aromatic amines is 1. The molecule has 0 saturated carbocycles. The summed E-state index contributed by atoms with van der Waals surface area (Å²) in [6.07, 6.45) is 2.61. The van der Waals surface area contributed by atoms with Crippen LogP contribution in [0.25, 0.3) is 11.2 Å². The first-order chi connectivity index (χ1) is 8.70. The van der Waals surface area contributed by atoms with E-state index in [-0.39, 0.29) is 17.9 Å². The minimum absolute atomic E-state index is 0.0717. The summed E-state index contributed by atoms with van der Waals surface area (Å²) in [7, 11) is 0. The van der Waals surface area contributed by atoms with Crippen LogP contribution in [0.4, 0.5) is 5.82 Å². The Bertz CT molecular complexity index is 572. The van der Waals surface area contributed by atoms with Crippen molar-refractivity contribution >= 4 is 28.6 Å². The first kappa shape index (κ1) is 11.7. The summed E-state index contributed by atoms with van der Waals surface area (Å²) in [4.78, 5) is 17.6. The molecule has 0 aliphatic carbocycles. The van der Waals surface area contributed by atoms with Gasteiger partial charge in [0, 0.05) is 6.54 Å². The molecule has 0 radical (unpaired) electrons. The number of aliphatic hydroxyl groups is 1. The molecule has 0 aromatic carbocycles. The Hall–Kier alpha value is -1.40. The van der Waals surface area contributed by atoms with Crippen molar-refractivity contribution in [3.8, 4) is 0 Å². The molecule has 2 aromatic heterocycles. The Morgan fingerprint density at radius 2 is 2.39 bits per heavy atom. The number of hydrogen-bond donors (Lipinski definition) is 2. The van der Waals surface area contributed by atoms with E-state index in [9.17, 15) is 5.11 Å². The summed E-state index contributed by atoms with van der Waals surface area (Å²) in [5, 5.41) is 9.70. The van der Waals surface area contributed by atoms with Crippen LogP contribution in [0.15, 0.2) is 6.33 Å². The van der Waals surface area contributed by atoms with E-state index < -0.39 is 0 Å². The normalized spacial score (nSPS) is 24.1. The van der Waals surface area contributed by atoms with Crippen molar-refractivity contribution in [2.24, 2.45) is 5.92 Å². The summed E-state index contributed by atoms with van der Waals surface area (Å²) in [6, 6.07) is 0.0717. The Balaban J connectivity index is 2.11. The lowest BCUT2D eigenvalue weighted by Crippen LogP contribution is -2.36. The van der Waals surface area contributed by atoms with Gasteiger partial charge < -0.3 is 15.0 Å². The fourth-order valence-electron chi connectivity index (χ4n) is 2.55. The zero-order valence-electron chi connectivity index (χ0n) is 9.97. The van der Waals surface area contributed by atoms with E-state index in [0.717, 1.165) is 24.3 Å². The molecular formula is C11H14ClN5O. The van der Waals surface area contributed by atoms with Gasteiger partial charge in [-0.05, 0) is 23.9 Å². The Kier molecular flexibility index (Phi) is 2.83. The number of hydrogen-bond acceptors (Lipinski definition) is 5. The minimum atomic E-state index is 0.0717. The van der Waals surface area contributed by atoms with Gasteiger partial charge in [0.1, 0.15) is 5.52 Å². The summed E-state index contributed by atoms with van der Waals surface area (Å²) >= 11 is 5.92. The van der Waals surface area contributed by atoms with Gasteiger partial charge >= 0.3 is 0 Å². The molecule has 1 aliphatic rings. The predicted octanol–water partition coefficient (Wildman–Crippen LogP) is 1.21. The van der Waals surface area contributed by atoms with Gasteiger partial charge in [-0.3, -0.25) is 0 Å². The molecule has 0 spiro atoms. The van der Waals surface area contributed by atoms with Gasteiger partial charge in [-0.1, -0.05) is 6.92 Å². The number of rotatable bonds is 2. The molecule has 2 unspecified atom stereocenters. The molecule has 0 bridgehead atoms. The van der Waals surface area contributed by atoms with Crippen molar-refractivity contribution in [1.29, 1.82) is 0 Å². The zero-order chi connectivity index (χ0) is 12.7. The minimum Gasteiger partial charge on any atom is -0.394 e. The topological polar surface area (TPSA) is 77.9 Å². The second-order valence-corrected chi connectivity index (χ2v) is 4.96. The highest BCUT2D eigenvalue weighted by atomic mass is 35.5. The zero-order valence-corrected chi connectivity index (χ0v) is 10.7. The summed E-state index contributed by atoms with van der Waals surface area (Å²) in [5.74, 6) is 1.16. The molecule has 2 aromatic rings. The standard InChI is InChI=1S/C11H14ClN5O/c1-6-2-3-17(7(6)4-18)10-8-9(14-5-13-8)15-11(12)16-10/h5-7,18H,2-4H2,1H3,(H,13,14,15,16). The lowest BCUT2D eigenvalue weighted by atomic mass is 10.0. The van der Waals surface area contributed by atoms with Crippen LogP contribution in [0.1, 0.15) is 13.3 Å². The SMILES string of the molecule is CC1CCN(c2nc(Cl)nc3nc[nH]c23)C1CO. The molecular weight excluding hydrogens is 254 g/mol. The third kappa shape index (κ3) is 1.72. The number of halogens is 1. The molecule has 2 atom stereocenters. The quantitative estimate of drug-likeness (QED) is 0.800. The summed E-state index contributed by atoms with van der Waals surface area (Å²) < 4.78 is 0. The highest BCUT2D eigenvalue weighted by molar-refractivity contribution is 6.28. The van der Waals surface area contributed by atoms with Crippen molar-refractivity contribution in [1.82, 2.24) is 19.9 Å². The van der Waals surface area contributed by atoms with E-state index in [4.69, 9.17) is 11.6 Å². The predicted molar refractivity (Wildman–Crippen MR) is 68.7 cm³/mol. The number of fused-ring (bicyclic) bond motifs is 1. The first-order valence-electron chi connectivity index (χ1n) is 5.95. The van der Waals surface area contributed by atoms with Crippen LogP contribution in [0, 0.1) is 5.92 Å². The smallest absolute Gasteiger partial charge is 0.226 e. The van der Waals surface area contributed by atoms with Gasteiger partial charge in [0.2, 0.25) is 5.28 Å². The number of imidazole rings is 1. The summed E-state index contributed by atoms with van der Waals surface area (Å²) in [6.45, 7) is 3.10.